The van der Waals surface area contributed by atoms with Gasteiger partial charge in [0, 0.05) is 49.4 Å². The van der Waals surface area contributed by atoms with Crippen molar-refractivity contribution in [2.75, 3.05) is 38.2 Å². The average molecular weight is 485 g/mol. The van der Waals surface area contributed by atoms with Crippen molar-refractivity contribution in [1.29, 1.82) is 0 Å². The molecule has 36 heavy (non-hydrogen) atoms. The highest BCUT2D eigenvalue weighted by Crippen LogP contribution is 2.29. The molecular formula is C28H28N4O4. The second-order valence-electron chi connectivity index (χ2n) is 8.74. The quantitative estimate of drug-likeness (QED) is 0.391. The van der Waals surface area contributed by atoms with E-state index < -0.39 is 0 Å². The van der Waals surface area contributed by atoms with Crippen molar-refractivity contribution in [1.82, 2.24) is 15.4 Å². The lowest BCUT2D eigenvalue weighted by atomic mass is 10.1. The first kappa shape index (κ1) is 23.7. The van der Waals surface area contributed by atoms with Crippen LogP contribution in [0.15, 0.2) is 77.3 Å². The number of morpholine rings is 1. The smallest absolute Gasteiger partial charge is 0.251 e. The van der Waals surface area contributed by atoms with Crippen molar-refractivity contribution in [3.8, 4) is 11.3 Å². The molecule has 1 aromatic heterocycles. The first-order valence-electron chi connectivity index (χ1n) is 12.1. The highest BCUT2D eigenvalue weighted by Gasteiger charge is 2.15. The molecule has 2 heterocycles. The normalized spacial score (nSPS) is 14.0. The summed E-state index contributed by atoms with van der Waals surface area (Å²) >= 11 is 0. The molecule has 0 atom stereocenters. The van der Waals surface area contributed by atoms with Gasteiger partial charge in [-0.25, -0.2) is 0 Å². The number of benzene rings is 3. The Morgan fingerprint density at radius 2 is 1.78 bits per heavy atom. The minimum absolute atomic E-state index is 0.0288. The molecule has 5 rings (SSSR count). The number of nitrogens with one attached hydrogen (secondary N) is 2. The van der Waals surface area contributed by atoms with Crippen molar-refractivity contribution < 1.29 is 18.8 Å². The fourth-order valence-corrected chi connectivity index (χ4v) is 4.23. The van der Waals surface area contributed by atoms with Crippen LogP contribution in [0, 0.1) is 0 Å². The van der Waals surface area contributed by atoms with Crippen molar-refractivity contribution in [3.63, 3.8) is 0 Å². The van der Waals surface area contributed by atoms with Crippen molar-refractivity contribution in [3.05, 3.63) is 83.9 Å². The Kier molecular flexibility index (Phi) is 7.35. The maximum Gasteiger partial charge on any atom is 0.251 e. The molecule has 0 saturated carbocycles. The fraction of sp³-hybridized carbons (Fsp3) is 0.250. The summed E-state index contributed by atoms with van der Waals surface area (Å²) < 4.78 is 10.9. The van der Waals surface area contributed by atoms with Gasteiger partial charge in [0.05, 0.1) is 18.6 Å². The van der Waals surface area contributed by atoms with Crippen molar-refractivity contribution in [2.45, 2.75) is 13.0 Å². The molecule has 1 aliphatic rings. The predicted octanol–water partition coefficient (Wildman–Crippen LogP) is 4.09. The minimum atomic E-state index is -0.197. The molecule has 3 aromatic carbocycles. The Balaban J connectivity index is 1.19. The Morgan fingerprint density at radius 1 is 0.944 bits per heavy atom. The summed E-state index contributed by atoms with van der Waals surface area (Å²) in [6.45, 7) is 4.21. The molecule has 2 amide bonds. The van der Waals surface area contributed by atoms with E-state index in [1.54, 1.807) is 18.2 Å². The van der Waals surface area contributed by atoms with E-state index >= 15 is 0 Å². The van der Waals surface area contributed by atoms with E-state index in [0.29, 0.717) is 42.0 Å². The van der Waals surface area contributed by atoms with Gasteiger partial charge in [-0.3, -0.25) is 14.5 Å². The number of anilines is 1. The summed E-state index contributed by atoms with van der Waals surface area (Å²) in [6, 6.07) is 22.5. The number of carbonyl (C=O) groups excluding carboxylic acids is 2. The van der Waals surface area contributed by atoms with E-state index in [0.717, 1.165) is 42.8 Å². The Morgan fingerprint density at radius 3 is 2.61 bits per heavy atom. The van der Waals surface area contributed by atoms with E-state index in [1.807, 2.05) is 54.6 Å². The van der Waals surface area contributed by atoms with Gasteiger partial charge in [-0.2, -0.15) is 0 Å². The van der Waals surface area contributed by atoms with Gasteiger partial charge in [0.2, 0.25) is 5.91 Å². The number of fused-ring (bicyclic) bond motifs is 1. The number of carbonyl (C=O) groups is 2. The Bertz CT molecular complexity index is 1350. The first-order valence-corrected chi connectivity index (χ1v) is 12.1. The third-order valence-electron chi connectivity index (χ3n) is 6.20. The topological polar surface area (TPSA) is 96.7 Å². The third-order valence-corrected chi connectivity index (χ3v) is 6.20. The summed E-state index contributed by atoms with van der Waals surface area (Å²) in [6.07, 6.45) is 0.428. The molecule has 1 aliphatic heterocycles. The number of hydrogen-bond donors (Lipinski definition) is 2. The van der Waals surface area contributed by atoms with Gasteiger partial charge >= 0.3 is 0 Å². The van der Waals surface area contributed by atoms with E-state index in [9.17, 15) is 9.59 Å². The summed E-state index contributed by atoms with van der Waals surface area (Å²) in [7, 11) is 0. The monoisotopic (exact) mass is 484 g/mol. The van der Waals surface area contributed by atoms with Crippen LogP contribution in [0.1, 0.15) is 22.3 Å². The largest absolute Gasteiger partial charge is 0.379 e. The SMILES string of the molecule is O=C(CCN1CCOCC1)Nc1cccc(CNC(=O)c2ccc3noc(-c4ccccc4)c3c2)c1. The minimum Gasteiger partial charge on any atom is -0.379 e. The average Bonchev–Trinajstić information content (AvgIpc) is 3.35. The number of nitrogens with zero attached hydrogens (tertiary/aromatic N) is 2. The highest BCUT2D eigenvalue weighted by atomic mass is 16.5. The van der Waals surface area contributed by atoms with Crippen molar-refractivity contribution in [2.24, 2.45) is 0 Å². The number of amides is 2. The summed E-state index contributed by atoms with van der Waals surface area (Å²) in [5.41, 5.74) is 3.73. The molecule has 4 aromatic rings. The second kappa shape index (κ2) is 11.2. The molecule has 1 fully saturated rings. The molecule has 184 valence electrons. The summed E-state index contributed by atoms with van der Waals surface area (Å²) in [5.74, 6) is 0.410. The first-order chi connectivity index (χ1) is 17.7. The van der Waals surface area contributed by atoms with Gasteiger partial charge in [0.1, 0.15) is 5.52 Å². The van der Waals surface area contributed by atoms with Crippen LogP contribution in [0.25, 0.3) is 22.2 Å². The lowest BCUT2D eigenvalue weighted by molar-refractivity contribution is -0.116. The molecule has 0 aliphatic carbocycles. The molecule has 0 radical (unpaired) electrons. The van der Waals surface area contributed by atoms with Crippen LogP contribution >= 0.6 is 0 Å². The van der Waals surface area contributed by atoms with Gasteiger partial charge in [-0.15, -0.1) is 0 Å². The second-order valence-corrected chi connectivity index (χ2v) is 8.74. The van der Waals surface area contributed by atoms with Crippen LogP contribution in [0.4, 0.5) is 5.69 Å². The van der Waals surface area contributed by atoms with E-state index in [-0.39, 0.29) is 11.8 Å². The standard InChI is InChI=1S/C28H28N4O4/c33-26(11-12-32-13-15-35-16-14-32)30-23-8-4-5-20(17-23)19-29-28(34)22-9-10-25-24(18-22)27(36-31-25)21-6-2-1-3-7-21/h1-10,17-18H,11-16,19H2,(H,29,34)(H,30,33). The maximum absolute atomic E-state index is 12.9. The Labute approximate surface area is 209 Å². The van der Waals surface area contributed by atoms with Crippen LogP contribution in [-0.2, 0) is 16.1 Å². The van der Waals surface area contributed by atoms with Crippen LogP contribution < -0.4 is 10.6 Å². The fourth-order valence-electron chi connectivity index (χ4n) is 4.23. The number of ether oxygens (including phenoxy) is 1. The van der Waals surface area contributed by atoms with Gasteiger partial charge in [0.15, 0.2) is 5.76 Å². The zero-order chi connectivity index (χ0) is 24.7. The lowest BCUT2D eigenvalue weighted by Gasteiger charge is -2.26. The molecule has 1 saturated heterocycles. The van der Waals surface area contributed by atoms with Gasteiger partial charge in [-0.05, 0) is 35.9 Å². The van der Waals surface area contributed by atoms with E-state index in [1.165, 1.54) is 0 Å². The zero-order valence-corrected chi connectivity index (χ0v) is 19.9. The molecule has 0 unspecified atom stereocenters. The number of aromatic nitrogens is 1. The lowest BCUT2D eigenvalue weighted by Crippen LogP contribution is -2.38. The number of rotatable bonds is 8. The van der Waals surface area contributed by atoms with Crippen LogP contribution in [0.3, 0.4) is 0 Å². The molecule has 8 nitrogen and oxygen atoms in total. The van der Waals surface area contributed by atoms with E-state index in [2.05, 4.69) is 20.7 Å². The van der Waals surface area contributed by atoms with Crippen LogP contribution in [0.5, 0.6) is 0 Å². The Hall–Kier alpha value is -4.01. The van der Waals surface area contributed by atoms with Crippen LogP contribution in [-0.4, -0.2) is 54.7 Å². The molecule has 2 N–H and O–H groups in total. The summed E-state index contributed by atoms with van der Waals surface area (Å²) in [4.78, 5) is 27.5. The van der Waals surface area contributed by atoms with Crippen LogP contribution in [0.2, 0.25) is 0 Å². The highest BCUT2D eigenvalue weighted by molar-refractivity contribution is 6.01. The molecular weight excluding hydrogens is 456 g/mol. The van der Waals surface area contributed by atoms with Gasteiger partial charge in [0.25, 0.3) is 5.91 Å². The summed E-state index contributed by atoms with van der Waals surface area (Å²) in [5, 5.41) is 10.8. The number of hydrogen-bond acceptors (Lipinski definition) is 6. The molecule has 0 bridgehead atoms. The zero-order valence-electron chi connectivity index (χ0n) is 19.9. The van der Waals surface area contributed by atoms with E-state index in [4.69, 9.17) is 9.26 Å². The molecule has 0 spiro atoms. The predicted molar refractivity (Wildman–Crippen MR) is 138 cm³/mol. The third kappa shape index (κ3) is 5.79. The molecule has 8 heteroatoms. The van der Waals surface area contributed by atoms with Gasteiger partial charge in [-0.1, -0.05) is 47.6 Å². The van der Waals surface area contributed by atoms with Gasteiger partial charge < -0.3 is 19.9 Å². The van der Waals surface area contributed by atoms with Crippen molar-refractivity contribution >= 4 is 28.4 Å². The maximum atomic E-state index is 12.9.